The first kappa shape index (κ1) is 41.2. The summed E-state index contributed by atoms with van der Waals surface area (Å²) in [6, 6.07) is 9.86. The third kappa shape index (κ3) is 12.8. The number of hydrogen-bond acceptors (Lipinski definition) is 8. The molecule has 0 unspecified atom stereocenters. The Morgan fingerprint density at radius 1 is 0.725 bits per heavy atom. The van der Waals surface area contributed by atoms with Gasteiger partial charge in [-0.3, -0.25) is 9.36 Å². The summed E-state index contributed by atoms with van der Waals surface area (Å²) in [4.78, 5) is 33.9. The number of carbonyl (C=O) groups excluding carboxylic acids is 1. The lowest BCUT2D eigenvalue weighted by atomic mass is 10.2. The molecule has 0 spiro atoms. The zero-order valence-electron chi connectivity index (χ0n) is 25.8. The minimum absolute atomic E-state index is 0.0205. The largest absolute Gasteiger partial charge is 0.478 e. The molecule has 51 heavy (non-hydrogen) atoms. The molecule has 0 aromatic carbocycles. The van der Waals surface area contributed by atoms with Crippen molar-refractivity contribution >= 4 is 62.7 Å². The lowest BCUT2D eigenvalue weighted by Crippen LogP contribution is -2.14. The van der Waals surface area contributed by atoms with Gasteiger partial charge in [-0.05, 0) is 41.8 Å². The highest BCUT2D eigenvalue weighted by Crippen LogP contribution is 2.32. The van der Waals surface area contributed by atoms with Crippen LogP contribution in [0.2, 0.25) is 15.5 Å². The molecule has 0 saturated carbocycles. The van der Waals surface area contributed by atoms with Gasteiger partial charge in [0.25, 0.3) is 0 Å². The lowest BCUT2D eigenvalue weighted by molar-refractivity contribution is -0.142. The van der Waals surface area contributed by atoms with Crippen LogP contribution in [-0.4, -0.2) is 58.2 Å². The van der Waals surface area contributed by atoms with Crippen molar-refractivity contribution in [2.24, 2.45) is 0 Å². The van der Waals surface area contributed by atoms with Gasteiger partial charge in [-0.15, -0.1) is 0 Å². The third-order valence-corrected chi connectivity index (χ3v) is 7.31. The van der Waals surface area contributed by atoms with E-state index in [0.717, 1.165) is 32.7 Å². The Morgan fingerprint density at radius 3 is 1.43 bits per heavy atom. The SMILES string of the molecule is CCOC(=O)c1cn(Cc2ccc(Cl)nc2)nc1C(F)(F)F.Clc1ccc(CBr)cn1.O=C(O)c1cn(Cc2ccc(Cl)nc2)nc1C(F)(F)F. The van der Waals surface area contributed by atoms with Gasteiger partial charge < -0.3 is 9.84 Å². The summed E-state index contributed by atoms with van der Waals surface area (Å²) < 4.78 is 83.3. The number of rotatable bonds is 8. The molecule has 5 rings (SSSR count). The molecule has 0 amide bonds. The summed E-state index contributed by atoms with van der Waals surface area (Å²) in [6.07, 6.45) is -3.19. The maximum Gasteiger partial charge on any atom is 0.436 e. The number of aromatic carboxylic acids is 1. The Labute approximate surface area is 308 Å². The number of aromatic nitrogens is 7. The first-order valence-corrected chi connectivity index (χ1v) is 16.2. The number of carboxylic acid groups (broad SMARTS) is 1. The van der Waals surface area contributed by atoms with E-state index < -0.39 is 46.8 Å². The number of carbonyl (C=O) groups is 2. The van der Waals surface area contributed by atoms with Crippen LogP contribution in [0.5, 0.6) is 0 Å². The monoisotopic (exact) mass is 843 g/mol. The molecular formula is C30H23BrCl3F6N7O4. The molecular weight excluding hydrogens is 823 g/mol. The van der Waals surface area contributed by atoms with E-state index >= 15 is 0 Å². The van der Waals surface area contributed by atoms with Gasteiger partial charge in [0.15, 0.2) is 11.4 Å². The summed E-state index contributed by atoms with van der Waals surface area (Å²) >= 11 is 20.1. The van der Waals surface area contributed by atoms with Crippen molar-refractivity contribution in [3.8, 4) is 0 Å². The standard InChI is InChI=1S/C13H11ClF3N3O2.C11H7ClF3N3O2.C6H5BrClN/c1-2-22-12(21)9-7-20(19-11(9)13(15,16)17)6-8-3-4-10(14)18-5-8;12-8-2-1-6(3-16-8)4-18-5-7(10(19)20)9(17-18)11(13,14)15;7-3-5-1-2-6(8)9-4-5/h3-5,7H,2,6H2,1H3;1-3,5H,4H2,(H,19,20);1-2,4H,3H2. The predicted molar refractivity (Wildman–Crippen MR) is 176 cm³/mol. The number of pyridine rings is 3. The second kappa shape index (κ2) is 18.3. The highest BCUT2D eigenvalue weighted by atomic mass is 79.9. The summed E-state index contributed by atoms with van der Waals surface area (Å²) in [6.45, 7) is 1.46. The summed E-state index contributed by atoms with van der Waals surface area (Å²) in [5.74, 6) is -2.74. The maximum absolute atomic E-state index is 12.9. The molecule has 5 heterocycles. The number of carboxylic acids is 1. The van der Waals surface area contributed by atoms with Crippen LogP contribution in [0.3, 0.4) is 0 Å². The fourth-order valence-electron chi connectivity index (χ4n) is 3.80. The van der Waals surface area contributed by atoms with Gasteiger partial charge >= 0.3 is 24.3 Å². The zero-order valence-corrected chi connectivity index (χ0v) is 29.6. The van der Waals surface area contributed by atoms with E-state index in [0.29, 0.717) is 16.3 Å². The molecule has 0 radical (unpaired) electrons. The van der Waals surface area contributed by atoms with Crippen LogP contribution in [0, 0.1) is 0 Å². The maximum atomic E-state index is 12.9. The first-order chi connectivity index (χ1) is 23.9. The van der Waals surface area contributed by atoms with Gasteiger partial charge in [0.1, 0.15) is 26.6 Å². The fourth-order valence-corrected chi connectivity index (χ4v) is 4.46. The molecule has 21 heteroatoms. The van der Waals surface area contributed by atoms with Gasteiger partial charge in [-0.1, -0.05) is 68.9 Å². The second-order valence-electron chi connectivity index (χ2n) is 9.80. The quantitative estimate of drug-likeness (QED) is 0.0706. The molecule has 0 aliphatic rings. The minimum atomic E-state index is -4.82. The Balaban J connectivity index is 0.000000223. The average Bonchev–Trinajstić information content (AvgIpc) is 3.70. The molecule has 5 aromatic rings. The van der Waals surface area contributed by atoms with Crippen molar-refractivity contribution in [3.63, 3.8) is 0 Å². The minimum Gasteiger partial charge on any atom is -0.478 e. The van der Waals surface area contributed by atoms with Crippen LogP contribution < -0.4 is 0 Å². The second-order valence-corrected chi connectivity index (χ2v) is 11.5. The van der Waals surface area contributed by atoms with E-state index in [2.05, 4.69) is 45.8 Å². The molecule has 5 aromatic heterocycles. The number of halogens is 10. The number of esters is 1. The van der Waals surface area contributed by atoms with Crippen LogP contribution in [-0.2, 0) is 35.5 Å². The van der Waals surface area contributed by atoms with Gasteiger partial charge in [-0.25, -0.2) is 24.5 Å². The number of ether oxygens (including phenoxy) is 1. The Morgan fingerprint density at radius 2 is 1.12 bits per heavy atom. The lowest BCUT2D eigenvalue weighted by Gasteiger charge is -2.05. The van der Waals surface area contributed by atoms with Crippen LogP contribution in [0.15, 0.2) is 67.4 Å². The summed E-state index contributed by atoms with van der Waals surface area (Å²) in [7, 11) is 0. The Kier molecular flexibility index (Phi) is 14.8. The summed E-state index contributed by atoms with van der Waals surface area (Å²) in [5.41, 5.74) is -1.92. The van der Waals surface area contributed by atoms with Crippen molar-refractivity contribution < 1.29 is 45.8 Å². The topological polar surface area (TPSA) is 138 Å². The van der Waals surface area contributed by atoms with E-state index in [1.54, 1.807) is 24.4 Å². The van der Waals surface area contributed by atoms with E-state index in [1.165, 1.54) is 31.5 Å². The molecule has 0 fully saturated rings. The summed E-state index contributed by atoms with van der Waals surface area (Å²) in [5, 5.41) is 17.4. The number of alkyl halides is 7. The molecule has 0 aliphatic heterocycles. The van der Waals surface area contributed by atoms with Crippen molar-refractivity contribution in [1.29, 1.82) is 0 Å². The molecule has 0 atom stereocenters. The van der Waals surface area contributed by atoms with Crippen LogP contribution in [0.4, 0.5) is 26.3 Å². The van der Waals surface area contributed by atoms with Crippen LogP contribution in [0.25, 0.3) is 0 Å². The molecule has 0 bridgehead atoms. The van der Waals surface area contributed by atoms with Gasteiger partial charge in [-0.2, -0.15) is 36.5 Å². The molecule has 0 saturated heterocycles. The predicted octanol–water partition coefficient (Wildman–Crippen LogP) is 8.50. The van der Waals surface area contributed by atoms with Crippen molar-refractivity contribution in [2.75, 3.05) is 6.61 Å². The highest BCUT2D eigenvalue weighted by molar-refractivity contribution is 9.08. The fraction of sp³-hybridized carbons (Fsp3) is 0.233. The third-order valence-electron chi connectivity index (χ3n) is 6.00. The van der Waals surface area contributed by atoms with E-state index in [4.69, 9.17) is 39.9 Å². The Bertz CT molecular complexity index is 1910. The van der Waals surface area contributed by atoms with Gasteiger partial charge in [0.2, 0.25) is 0 Å². The zero-order chi connectivity index (χ0) is 37.9. The first-order valence-electron chi connectivity index (χ1n) is 14.0. The van der Waals surface area contributed by atoms with Gasteiger partial charge in [0, 0.05) is 36.3 Å². The average molecular weight is 846 g/mol. The van der Waals surface area contributed by atoms with Crippen molar-refractivity contribution in [1.82, 2.24) is 34.5 Å². The normalized spacial score (nSPS) is 11.2. The van der Waals surface area contributed by atoms with Crippen molar-refractivity contribution in [3.05, 3.63) is 122 Å². The van der Waals surface area contributed by atoms with E-state index in [9.17, 15) is 35.9 Å². The van der Waals surface area contributed by atoms with E-state index in [1.807, 2.05) is 6.07 Å². The molecule has 11 nitrogen and oxygen atoms in total. The number of nitrogens with zero attached hydrogens (tertiary/aromatic N) is 7. The van der Waals surface area contributed by atoms with Crippen LogP contribution >= 0.6 is 50.7 Å². The molecule has 1 N–H and O–H groups in total. The van der Waals surface area contributed by atoms with Gasteiger partial charge in [0.05, 0.1) is 19.7 Å². The Hall–Kier alpha value is -4.26. The smallest absolute Gasteiger partial charge is 0.436 e. The van der Waals surface area contributed by atoms with Crippen LogP contribution in [0.1, 0.15) is 55.7 Å². The molecule has 0 aliphatic carbocycles. The number of hydrogen-bond donors (Lipinski definition) is 1. The highest BCUT2D eigenvalue weighted by Gasteiger charge is 2.40. The molecule has 272 valence electrons. The van der Waals surface area contributed by atoms with Crippen molar-refractivity contribution in [2.45, 2.75) is 37.7 Å². The van der Waals surface area contributed by atoms with E-state index in [-0.39, 0.29) is 30.0 Å².